The average Bonchev–Trinajstić information content (AvgIpc) is 2.56. The molecule has 0 bridgehead atoms. The Kier molecular flexibility index (Phi) is 3.57. The molecule has 3 aromatic rings. The molecule has 0 fully saturated rings. The Hall–Kier alpha value is -2.78. The molecule has 3 nitrogen and oxygen atoms in total. The summed E-state index contributed by atoms with van der Waals surface area (Å²) in [5, 5.41) is 30.4. The fourth-order valence-electron chi connectivity index (χ4n) is 2.58. The first-order valence-corrected chi connectivity index (χ1v) is 6.97. The first-order valence-electron chi connectivity index (χ1n) is 6.97. The smallest absolute Gasteiger partial charge is 0.140 e. The van der Waals surface area contributed by atoms with Gasteiger partial charge in [0.15, 0.2) is 0 Å². The van der Waals surface area contributed by atoms with Gasteiger partial charge < -0.3 is 15.3 Å². The first kappa shape index (κ1) is 14.2. The second-order valence-corrected chi connectivity index (χ2v) is 5.17. The van der Waals surface area contributed by atoms with Gasteiger partial charge in [-0.15, -0.1) is 0 Å². The number of aliphatic hydroxyl groups is 1. The number of aromatic hydroxyl groups is 2. The van der Waals surface area contributed by atoms with Crippen molar-refractivity contribution in [2.45, 2.75) is 5.60 Å². The third-order valence-corrected chi connectivity index (χ3v) is 3.76. The second kappa shape index (κ2) is 5.54. The maximum Gasteiger partial charge on any atom is 0.140 e. The lowest BCUT2D eigenvalue weighted by molar-refractivity contribution is 0.125. The quantitative estimate of drug-likeness (QED) is 0.649. The van der Waals surface area contributed by atoms with Crippen LogP contribution in [0.15, 0.2) is 78.9 Å². The molecule has 0 saturated heterocycles. The number of rotatable bonds is 3. The summed E-state index contributed by atoms with van der Waals surface area (Å²) in [6.07, 6.45) is 0. The molecule has 3 N–H and O–H groups in total. The summed E-state index contributed by atoms with van der Waals surface area (Å²) in [5.41, 5.74) is 0.638. The van der Waals surface area contributed by atoms with Gasteiger partial charge in [0.1, 0.15) is 17.1 Å². The Morgan fingerprint density at radius 3 is 1.27 bits per heavy atom. The summed E-state index contributed by atoms with van der Waals surface area (Å²) in [6, 6.07) is 22.2. The van der Waals surface area contributed by atoms with Gasteiger partial charge in [0, 0.05) is 0 Å². The lowest BCUT2D eigenvalue weighted by Crippen LogP contribution is -2.28. The Bertz CT molecular complexity index is 701. The maximum atomic E-state index is 11.4. The van der Waals surface area contributed by atoms with Gasteiger partial charge in [-0.05, 0) is 41.0 Å². The molecule has 0 spiro atoms. The summed E-state index contributed by atoms with van der Waals surface area (Å²) in [6.45, 7) is 0. The molecule has 3 rings (SSSR count). The highest BCUT2D eigenvalue weighted by molar-refractivity contribution is 5.48. The van der Waals surface area contributed by atoms with Crippen LogP contribution in [0.25, 0.3) is 0 Å². The van der Waals surface area contributed by atoms with Gasteiger partial charge in [0.05, 0.1) is 0 Å². The Labute approximate surface area is 128 Å². The van der Waals surface area contributed by atoms with Gasteiger partial charge in [0.25, 0.3) is 0 Å². The van der Waals surface area contributed by atoms with Crippen LogP contribution in [0.4, 0.5) is 0 Å². The van der Waals surface area contributed by atoms with Gasteiger partial charge in [0.2, 0.25) is 0 Å². The minimum absolute atomic E-state index is 0.143. The van der Waals surface area contributed by atoms with Crippen LogP contribution in [-0.4, -0.2) is 15.3 Å². The first-order chi connectivity index (χ1) is 10.6. The fraction of sp³-hybridized carbons (Fsp3) is 0.0526. The van der Waals surface area contributed by atoms with E-state index in [-0.39, 0.29) is 11.5 Å². The third kappa shape index (κ3) is 2.43. The topological polar surface area (TPSA) is 60.7 Å². The van der Waals surface area contributed by atoms with Crippen molar-refractivity contribution in [3.8, 4) is 11.5 Å². The molecule has 110 valence electrons. The number of hydrogen-bond acceptors (Lipinski definition) is 3. The summed E-state index contributed by atoms with van der Waals surface area (Å²) in [5.74, 6) is 0.287. The van der Waals surface area contributed by atoms with Crippen molar-refractivity contribution in [1.29, 1.82) is 0 Å². The van der Waals surface area contributed by atoms with Crippen LogP contribution in [0.5, 0.6) is 11.5 Å². The normalized spacial score (nSPS) is 11.3. The summed E-state index contributed by atoms with van der Waals surface area (Å²) >= 11 is 0. The standard InChI is InChI=1S/C19H16O3/c20-17-10-6-15(7-11-17)19(22,14-4-2-1-3-5-14)16-8-12-18(21)13-9-16/h1-13,20-22H. The van der Waals surface area contributed by atoms with Gasteiger partial charge in [-0.25, -0.2) is 0 Å². The van der Waals surface area contributed by atoms with Crippen LogP contribution in [-0.2, 0) is 5.60 Å². The highest BCUT2D eigenvalue weighted by atomic mass is 16.3. The van der Waals surface area contributed by atoms with E-state index in [9.17, 15) is 15.3 Å². The highest BCUT2D eigenvalue weighted by Gasteiger charge is 2.33. The largest absolute Gasteiger partial charge is 0.508 e. The van der Waals surface area contributed by atoms with E-state index in [2.05, 4.69) is 0 Å². The maximum absolute atomic E-state index is 11.4. The molecule has 0 aliphatic rings. The molecule has 22 heavy (non-hydrogen) atoms. The SMILES string of the molecule is Oc1ccc(C(O)(c2ccccc2)c2ccc(O)cc2)cc1. The molecule has 3 aromatic carbocycles. The number of benzene rings is 3. The van der Waals surface area contributed by atoms with Crippen LogP contribution in [0, 0.1) is 0 Å². The molecule has 3 heteroatoms. The molecule has 0 radical (unpaired) electrons. The molecule has 0 amide bonds. The average molecular weight is 292 g/mol. The van der Waals surface area contributed by atoms with Crippen LogP contribution in [0.1, 0.15) is 16.7 Å². The van der Waals surface area contributed by atoms with Gasteiger partial charge >= 0.3 is 0 Å². The van der Waals surface area contributed by atoms with E-state index in [1.807, 2.05) is 30.3 Å². The lowest BCUT2D eigenvalue weighted by Gasteiger charge is -2.30. The Morgan fingerprint density at radius 1 is 0.500 bits per heavy atom. The summed E-state index contributed by atoms with van der Waals surface area (Å²) in [4.78, 5) is 0. The van der Waals surface area contributed by atoms with E-state index in [0.717, 1.165) is 0 Å². The van der Waals surface area contributed by atoms with Crippen molar-refractivity contribution in [2.75, 3.05) is 0 Å². The highest BCUT2D eigenvalue weighted by Crippen LogP contribution is 2.37. The van der Waals surface area contributed by atoms with E-state index in [1.54, 1.807) is 48.5 Å². The molecule has 0 aliphatic heterocycles. The van der Waals surface area contributed by atoms with E-state index in [0.29, 0.717) is 16.7 Å². The van der Waals surface area contributed by atoms with E-state index >= 15 is 0 Å². The zero-order valence-corrected chi connectivity index (χ0v) is 11.8. The third-order valence-electron chi connectivity index (χ3n) is 3.76. The summed E-state index contributed by atoms with van der Waals surface area (Å²) < 4.78 is 0. The predicted octanol–water partition coefficient (Wildman–Crippen LogP) is 3.38. The second-order valence-electron chi connectivity index (χ2n) is 5.17. The zero-order valence-electron chi connectivity index (χ0n) is 11.8. The molecule has 0 aliphatic carbocycles. The number of hydrogen-bond donors (Lipinski definition) is 3. The molecular formula is C19H16O3. The van der Waals surface area contributed by atoms with Crippen molar-refractivity contribution < 1.29 is 15.3 Å². The predicted molar refractivity (Wildman–Crippen MR) is 84.8 cm³/mol. The number of phenols is 2. The van der Waals surface area contributed by atoms with Crippen LogP contribution < -0.4 is 0 Å². The summed E-state index contributed by atoms with van der Waals surface area (Å²) in [7, 11) is 0. The van der Waals surface area contributed by atoms with E-state index < -0.39 is 5.60 Å². The van der Waals surface area contributed by atoms with Gasteiger partial charge in [-0.3, -0.25) is 0 Å². The van der Waals surface area contributed by atoms with E-state index in [4.69, 9.17) is 0 Å². The minimum Gasteiger partial charge on any atom is -0.508 e. The van der Waals surface area contributed by atoms with Crippen molar-refractivity contribution in [3.63, 3.8) is 0 Å². The van der Waals surface area contributed by atoms with Crippen molar-refractivity contribution in [1.82, 2.24) is 0 Å². The molecule has 0 atom stereocenters. The van der Waals surface area contributed by atoms with Crippen LogP contribution in [0.3, 0.4) is 0 Å². The van der Waals surface area contributed by atoms with Gasteiger partial charge in [-0.2, -0.15) is 0 Å². The molecule has 0 saturated carbocycles. The van der Waals surface area contributed by atoms with Crippen LogP contribution >= 0.6 is 0 Å². The minimum atomic E-state index is -1.36. The zero-order chi connectivity index (χ0) is 15.6. The Balaban J connectivity index is 2.22. The molecule has 0 heterocycles. The van der Waals surface area contributed by atoms with Crippen LogP contribution in [0.2, 0.25) is 0 Å². The van der Waals surface area contributed by atoms with Crippen molar-refractivity contribution >= 4 is 0 Å². The van der Waals surface area contributed by atoms with Crippen molar-refractivity contribution in [3.05, 3.63) is 95.6 Å². The fourth-order valence-corrected chi connectivity index (χ4v) is 2.58. The van der Waals surface area contributed by atoms with Gasteiger partial charge in [-0.1, -0.05) is 54.6 Å². The molecule has 0 aromatic heterocycles. The number of phenolic OH excluding ortho intramolecular Hbond substituents is 2. The Morgan fingerprint density at radius 2 is 0.864 bits per heavy atom. The molecular weight excluding hydrogens is 276 g/mol. The monoisotopic (exact) mass is 292 g/mol. The van der Waals surface area contributed by atoms with E-state index in [1.165, 1.54) is 0 Å². The lowest BCUT2D eigenvalue weighted by atomic mass is 9.80. The van der Waals surface area contributed by atoms with Crippen molar-refractivity contribution in [2.24, 2.45) is 0 Å². The molecule has 0 unspecified atom stereocenters.